The third-order valence-electron chi connectivity index (χ3n) is 3.76. The second-order valence-electron chi connectivity index (χ2n) is 5.22. The van der Waals surface area contributed by atoms with Crippen molar-refractivity contribution in [2.45, 2.75) is 24.7 Å². The fraction of sp³-hybridized carbons (Fsp3) is 0.429. The second-order valence-corrected chi connectivity index (χ2v) is 5.22. The maximum Gasteiger partial charge on any atom is 0.326 e. The molecule has 0 saturated carbocycles. The number of carbonyl (C=O) groups is 2. The Morgan fingerprint density at radius 3 is 2.86 bits per heavy atom. The van der Waals surface area contributed by atoms with Crippen LogP contribution in [0.4, 0.5) is 5.69 Å². The quantitative estimate of drug-likeness (QED) is 0.704. The number of ether oxygens (including phenoxy) is 1. The number of likely N-dealkylation sites (tertiary alicyclic amines) is 1. The lowest BCUT2D eigenvalue weighted by molar-refractivity contribution is -0.151. The summed E-state index contributed by atoms with van der Waals surface area (Å²) in [5.74, 6) is -0.959. The summed E-state index contributed by atoms with van der Waals surface area (Å²) in [6.45, 7) is 0.298. The zero-order valence-electron chi connectivity index (χ0n) is 11.2. The van der Waals surface area contributed by atoms with E-state index < -0.39 is 30.1 Å². The summed E-state index contributed by atoms with van der Waals surface area (Å²) < 4.78 is 5.64. The molecule has 0 bridgehead atoms. The molecule has 0 aliphatic carbocycles. The van der Waals surface area contributed by atoms with Crippen molar-refractivity contribution in [2.24, 2.45) is 0 Å². The molecule has 2 heterocycles. The van der Waals surface area contributed by atoms with Crippen LogP contribution in [0.1, 0.15) is 6.42 Å². The van der Waals surface area contributed by atoms with Crippen molar-refractivity contribution in [1.82, 2.24) is 4.90 Å². The minimum atomic E-state index is -1.11. The molecule has 0 radical (unpaired) electrons. The first-order valence-corrected chi connectivity index (χ1v) is 6.77. The van der Waals surface area contributed by atoms with Gasteiger partial charge in [0.1, 0.15) is 11.8 Å². The molecule has 3 rings (SSSR count). The van der Waals surface area contributed by atoms with Gasteiger partial charge in [0.05, 0.1) is 18.3 Å². The van der Waals surface area contributed by atoms with Gasteiger partial charge >= 0.3 is 5.97 Å². The molecule has 2 aliphatic heterocycles. The largest absolute Gasteiger partial charge is 0.480 e. The number of para-hydroxylation sites is 2. The molecular formula is C14H16N2O5. The van der Waals surface area contributed by atoms with Gasteiger partial charge in [-0.15, -0.1) is 0 Å². The van der Waals surface area contributed by atoms with Crippen LogP contribution in [0, 0.1) is 0 Å². The number of nitrogens with one attached hydrogen (secondary N) is 1. The van der Waals surface area contributed by atoms with Crippen molar-refractivity contribution in [3.8, 4) is 5.75 Å². The zero-order chi connectivity index (χ0) is 15.0. The normalized spacial score (nSPS) is 27.5. The molecule has 1 aromatic rings. The molecule has 1 unspecified atom stereocenters. The summed E-state index contributed by atoms with van der Waals surface area (Å²) in [6.07, 6.45) is -1.54. The number of carboxylic acids is 1. The number of hydrogen-bond acceptors (Lipinski definition) is 5. The van der Waals surface area contributed by atoms with Crippen molar-refractivity contribution in [1.29, 1.82) is 0 Å². The highest BCUT2D eigenvalue weighted by Gasteiger charge is 2.42. The Balaban J connectivity index is 1.76. The number of rotatable bonds is 2. The Hall–Kier alpha value is -2.28. The highest BCUT2D eigenvalue weighted by molar-refractivity contribution is 5.88. The lowest BCUT2D eigenvalue weighted by Gasteiger charge is -2.31. The van der Waals surface area contributed by atoms with E-state index in [-0.39, 0.29) is 19.5 Å². The van der Waals surface area contributed by atoms with Crippen LogP contribution in [0.25, 0.3) is 0 Å². The number of aliphatic hydroxyl groups is 1. The summed E-state index contributed by atoms with van der Waals surface area (Å²) in [6, 6.07) is 6.25. The predicted molar refractivity (Wildman–Crippen MR) is 73.1 cm³/mol. The van der Waals surface area contributed by atoms with Gasteiger partial charge in [-0.25, -0.2) is 4.79 Å². The minimum absolute atomic E-state index is 0.0251. The van der Waals surface area contributed by atoms with Gasteiger partial charge in [0.2, 0.25) is 0 Å². The fourth-order valence-electron chi connectivity index (χ4n) is 2.73. The fourth-order valence-corrected chi connectivity index (χ4v) is 2.73. The Morgan fingerprint density at radius 2 is 2.10 bits per heavy atom. The topological polar surface area (TPSA) is 99.1 Å². The van der Waals surface area contributed by atoms with E-state index in [1.54, 1.807) is 12.1 Å². The van der Waals surface area contributed by atoms with Crippen molar-refractivity contribution in [3.63, 3.8) is 0 Å². The third kappa shape index (κ3) is 2.52. The van der Waals surface area contributed by atoms with Crippen molar-refractivity contribution >= 4 is 17.6 Å². The molecule has 21 heavy (non-hydrogen) atoms. The molecule has 7 nitrogen and oxygen atoms in total. The van der Waals surface area contributed by atoms with Gasteiger partial charge in [0.15, 0.2) is 6.10 Å². The summed E-state index contributed by atoms with van der Waals surface area (Å²) in [7, 11) is 0. The van der Waals surface area contributed by atoms with E-state index in [1.807, 2.05) is 12.1 Å². The Morgan fingerprint density at radius 1 is 1.33 bits per heavy atom. The van der Waals surface area contributed by atoms with Gasteiger partial charge in [-0.1, -0.05) is 12.1 Å². The standard InChI is InChI=1S/C14H16N2O5/c17-8-5-10(14(19)20)16(7-8)13(18)12-6-15-9-3-1-2-4-11(9)21-12/h1-4,8,10,12,15,17H,5-7H2,(H,19,20)/t8-,10+,12?/m1/s1. The van der Waals surface area contributed by atoms with E-state index in [4.69, 9.17) is 9.84 Å². The van der Waals surface area contributed by atoms with Crippen LogP contribution in [0.2, 0.25) is 0 Å². The van der Waals surface area contributed by atoms with Gasteiger partial charge in [0.25, 0.3) is 5.91 Å². The van der Waals surface area contributed by atoms with Crippen LogP contribution in [-0.2, 0) is 9.59 Å². The molecule has 1 saturated heterocycles. The van der Waals surface area contributed by atoms with Gasteiger partial charge in [-0.3, -0.25) is 4.79 Å². The number of nitrogens with zero attached hydrogens (tertiary/aromatic N) is 1. The molecule has 1 fully saturated rings. The van der Waals surface area contributed by atoms with E-state index in [1.165, 1.54) is 4.90 Å². The van der Waals surface area contributed by atoms with Gasteiger partial charge in [0, 0.05) is 13.0 Å². The molecule has 3 atom stereocenters. The van der Waals surface area contributed by atoms with Crippen LogP contribution >= 0.6 is 0 Å². The first kappa shape index (κ1) is 13.7. The van der Waals surface area contributed by atoms with E-state index >= 15 is 0 Å². The van der Waals surface area contributed by atoms with Crippen molar-refractivity contribution in [3.05, 3.63) is 24.3 Å². The van der Waals surface area contributed by atoms with Crippen LogP contribution in [0.5, 0.6) is 5.75 Å². The van der Waals surface area contributed by atoms with E-state index in [2.05, 4.69) is 5.32 Å². The maximum atomic E-state index is 12.5. The van der Waals surface area contributed by atoms with Gasteiger partial charge in [-0.2, -0.15) is 0 Å². The summed E-state index contributed by atoms with van der Waals surface area (Å²) in [5.41, 5.74) is 0.804. The number of anilines is 1. The average Bonchev–Trinajstić information content (AvgIpc) is 2.88. The number of benzene rings is 1. The second kappa shape index (κ2) is 5.25. The smallest absolute Gasteiger partial charge is 0.326 e. The number of fused-ring (bicyclic) bond motifs is 1. The molecule has 7 heteroatoms. The molecule has 112 valence electrons. The summed E-state index contributed by atoms with van der Waals surface area (Å²) in [4.78, 5) is 24.8. The highest BCUT2D eigenvalue weighted by Crippen LogP contribution is 2.29. The lowest BCUT2D eigenvalue weighted by Crippen LogP contribution is -2.50. The van der Waals surface area contributed by atoms with Gasteiger partial charge in [-0.05, 0) is 12.1 Å². The highest BCUT2D eigenvalue weighted by atomic mass is 16.5. The zero-order valence-corrected chi connectivity index (χ0v) is 11.2. The summed E-state index contributed by atoms with van der Waals surface area (Å²) in [5, 5.41) is 21.8. The maximum absolute atomic E-state index is 12.5. The molecule has 0 aromatic heterocycles. The van der Waals surface area contributed by atoms with Crippen molar-refractivity contribution < 1.29 is 24.5 Å². The monoisotopic (exact) mass is 292 g/mol. The molecule has 2 aliphatic rings. The molecule has 1 aromatic carbocycles. The van der Waals surface area contributed by atoms with E-state index in [9.17, 15) is 14.7 Å². The number of hydrogen-bond donors (Lipinski definition) is 3. The van der Waals surface area contributed by atoms with E-state index in [0.29, 0.717) is 5.75 Å². The summed E-state index contributed by atoms with van der Waals surface area (Å²) >= 11 is 0. The number of carbonyl (C=O) groups excluding carboxylic acids is 1. The molecule has 3 N–H and O–H groups in total. The Kier molecular flexibility index (Phi) is 3.42. The SMILES string of the molecule is O=C(O)[C@@H]1C[C@@H](O)CN1C(=O)C1CNc2ccccc2O1. The first-order valence-electron chi connectivity index (χ1n) is 6.77. The number of β-amino-alcohol motifs (C(OH)–C–C–N with tert-alkyl or cyclic N) is 1. The van der Waals surface area contributed by atoms with Gasteiger partial charge < -0.3 is 25.2 Å². The Labute approximate surface area is 121 Å². The van der Waals surface area contributed by atoms with Crippen LogP contribution in [-0.4, -0.2) is 58.3 Å². The molecule has 1 amide bonds. The average molecular weight is 292 g/mol. The predicted octanol–water partition coefficient (Wildman–Crippen LogP) is -0.0941. The Bertz CT molecular complexity index is 576. The minimum Gasteiger partial charge on any atom is -0.480 e. The van der Waals surface area contributed by atoms with Crippen LogP contribution < -0.4 is 10.1 Å². The molecular weight excluding hydrogens is 276 g/mol. The van der Waals surface area contributed by atoms with Crippen LogP contribution in [0.15, 0.2) is 24.3 Å². The van der Waals surface area contributed by atoms with Crippen LogP contribution in [0.3, 0.4) is 0 Å². The van der Waals surface area contributed by atoms with Crippen molar-refractivity contribution in [2.75, 3.05) is 18.4 Å². The third-order valence-corrected chi connectivity index (χ3v) is 3.76. The lowest BCUT2D eigenvalue weighted by atomic mass is 10.2. The number of aliphatic hydroxyl groups excluding tert-OH is 1. The first-order chi connectivity index (χ1) is 10.1. The number of amides is 1. The van der Waals surface area contributed by atoms with E-state index in [0.717, 1.165) is 5.69 Å². The molecule has 0 spiro atoms. The number of aliphatic carboxylic acids is 1. The number of carboxylic acid groups (broad SMARTS) is 1.